The number of hydrogen-bond donors (Lipinski definition) is 0. The largest absolute Gasteiger partial charge is 0.417 e. The van der Waals surface area contributed by atoms with Gasteiger partial charge < -0.3 is 4.90 Å². The highest BCUT2D eigenvalue weighted by molar-refractivity contribution is 6.69. The molecule has 0 aromatic carbocycles. The summed E-state index contributed by atoms with van der Waals surface area (Å²) >= 11 is 11.9. The van der Waals surface area contributed by atoms with Crippen LogP contribution in [0, 0.1) is 0 Å². The lowest BCUT2D eigenvalue weighted by Crippen LogP contribution is -2.25. The molecule has 2 nitrogen and oxygen atoms in total. The molecule has 1 heterocycles. The second kappa shape index (κ2) is 7.70. The molecular weight excluding hydrogens is 336 g/mol. The maximum Gasteiger partial charge on any atom is 0.417 e. The van der Waals surface area contributed by atoms with Crippen molar-refractivity contribution in [3.8, 4) is 0 Å². The van der Waals surface area contributed by atoms with Gasteiger partial charge in [0, 0.05) is 18.9 Å². The highest BCUT2D eigenvalue weighted by Gasteiger charge is 2.35. The van der Waals surface area contributed by atoms with E-state index in [4.69, 9.17) is 23.2 Å². The van der Waals surface area contributed by atoms with E-state index in [2.05, 4.69) is 11.6 Å². The van der Waals surface area contributed by atoms with Crippen LogP contribution < -0.4 is 0 Å². The first-order chi connectivity index (χ1) is 10.2. The number of hydrogen-bond acceptors (Lipinski definition) is 2. The minimum atomic E-state index is -4.58. The van der Waals surface area contributed by atoms with Gasteiger partial charge in [-0.15, -0.1) is 0 Å². The number of alkyl halides is 3. The summed E-state index contributed by atoms with van der Waals surface area (Å²) < 4.78 is 38.3. The quantitative estimate of drug-likeness (QED) is 0.611. The van der Waals surface area contributed by atoms with Crippen LogP contribution >= 0.6 is 23.2 Å². The third-order valence-corrected chi connectivity index (χ3v) is 3.59. The van der Waals surface area contributed by atoms with Gasteiger partial charge in [-0.3, -0.25) is 0 Å². The van der Waals surface area contributed by atoms with Crippen LogP contribution in [-0.2, 0) is 0 Å². The highest BCUT2D eigenvalue weighted by atomic mass is 35.5. The summed E-state index contributed by atoms with van der Waals surface area (Å²) in [7, 11) is 0. The van der Waals surface area contributed by atoms with Gasteiger partial charge in [0.25, 0.3) is 0 Å². The van der Waals surface area contributed by atoms with E-state index in [0.29, 0.717) is 5.70 Å². The number of halogens is 5. The lowest BCUT2D eigenvalue weighted by Gasteiger charge is -2.26. The van der Waals surface area contributed by atoms with Crippen molar-refractivity contribution in [2.45, 2.75) is 20.0 Å². The summed E-state index contributed by atoms with van der Waals surface area (Å²) in [4.78, 5) is 5.60. The molecule has 0 aliphatic carbocycles. The van der Waals surface area contributed by atoms with Crippen LogP contribution in [0.15, 0.2) is 64.1 Å². The fraction of sp³-hybridized carbons (Fsp3) is 0.267. The van der Waals surface area contributed by atoms with Crippen LogP contribution in [0.4, 0.5) is 13.2 Å². The summed E-state index contributed by atoms with van der Waals surface area (Å²) in [6.45, 7) is 6.59. The number of allylic oxidation sites excluding steroid dienone is 5. The summed E-state index contributed by atoms with van der Waals surface area (Å²) in [5.41, 5.74) is -0.208. The van der Waals surface area contributed by atoms with Crippen LogP contribution in [0.25, 0.3) is 0 Å². The Labute approximate surface area is 137 Å². The average molecular weight is 351 g/mol. The second-order valence-electron chi connectivity index (χ2n) is 4.34. The standard InChI is InChI=1S/C15H15Cl2F3N2/c1-4-6-11(13(16)10(3)15(18,19)20)9-22-8-7-21-14(17)12(22)5-2/h4-8H,3,9H2,1-2H3/b6-4-,12-5-,13-11-. The van der Waals surface area contributed by atoms with Gasteiger partial charge in [-0.1, -0.05) is 48.0 Å². The first kappa shape index (κ1) is 18.6. The van der Waals surface area contributed by atoms with Crippen LogP contribution in [-0.4, -0.2) is 22.8 Å². The Bertz CT molecular complexity index is 596. The Balaban J connectivity index is 3.16. The fourth-order valence-electron chi connectivity index (χ4n) is 1.77. The van der Waals surface area contributed by atoms with Gasteiger partial charge in [0.1, 0.15) is 0 Å². The number of aliphatic imine (C=N–C) groups is 1. The Hall–Kier alpha value is -1.46. The Kier molecular flexibility index (Phi) is 6.50. The van der Waals surface area contributed by atoms with Gasteiger partial charge in [0.05, 0.1) is 16.3 Å². The molecule has 0 aromatic heterocycles. The van der Waals surface area contributed by atoms with Gasteiger partial charge >= 0.3 is 6.18 Å². The van der Waals surface area contributed by atoms with E-state index in [1.54, 1.807) is 37.1 Å². The van der Waals surface area contributed by atoms with Crippen LogP contribution in [0.3, 0.4) is 0 Å². The first-order valence-electron chi connectivity index (χ1n) is 6.33. The van der Waals surface area contributed by atoms with E-state index in [-0.39, 0.29) is 17.3 Å². The SMILES string of the molecule is C=C(/C(Cl)=C(\C=C/C)CN1C=CN=C(Cl)/C1=C/C)C(F)(F)F. The van der Waals surface area contributed by atoms with Crippen LogP contribution in [0.1, 0.15) is 13.8 Å². The summed E-state index contributed by atoms with van der Waals surface area (Å²) in [5, 5.41) is -0.163. The topological polar surface area (TPSA) is 15.6 Å². The van der Waals surface area contributed by atoms with Gasteiger partial charge in [-0.25, -0.2) is 4.99 Å². The van der Waals surface area contributed by atoms with Crippen molar-refractivity contribution in [1.29, 1.82) is 0 Å². The van der Waals surface area contributed by atoms with Crippen LogP contribution in [0.5, 0.6) is 0 Å². The molecule has 1 rings (SSSR count). The molecule has 0 saturated carbocycles. The second-order valence-corrected chi connectivity index (χ2v) is 5.07. The molecule has 1 aliphatic heterocycles. The van der Waals surface area contributed by atoms with Gasteiger partial charge in [-0.05, 0) is 19.4 Å². The molecule has 0 unspecified atom stereocenters. The average Bonchev–Trinajstić information content (AvgIpc) is 2.44. The predicted octanol–water partition coefficient (Wildman–Crippen LogP) is 5.50. The molecule has 22 heavy (non-hydrogen) atoms. The molecule has 0 bridgehead atoms. The first-order valence-corrected chi connectivity index (χ1v) is 7.09. The molecule has 0 fully saturated rings. The molecule has 0 spiro atoms. The maximum atomic E-state index is 12.8. The van der Waals surface area contributed by atoms with Crippen molar-refractivity contribution in [2.24, 2.45) is 4.99 Å². The maximum absolute atomic E-state index is 12.8. The summed E-state index contributed by atoms with van der Waals surface area (Å²) in [5.74, 6) is 0. The van der Waals surface area contributed by atoms with Gasteiger partial charge in [0.15, 0.2) is 5.17 Å². The van der Waals surface area contributed by atoms with Crippen LogP contribution in [0.2, 0.25) is 0 Å². The monoisotopic (exact) mass is 350 g/mol. The predicted molar refractivity (Wildman–Crippen MR) is 85.8 cm³/mol. The third kappa shape index (κ3) is 4.52. The minimum Gasteiger partial charge on any atom is -0.340 e. The van der Waals surface area contributed by atoms with Crippen molar-refractivity contribution in [2.75, 3.05) is 6.54 Å². The van der Waals surface area contributed by atoms with Crippen molar-refractivity contribution in [3.05, 3.63) is 59.1 Å². The molecule has 120 valence electrons. The Morgan fingerprint density at radius 2 is 2.05 bits per heavy atom. The number of nitrogens with zero attached hydrogens (tertiary/aromatic N) is 2. The lowest BCUT2D eigenvalue weighted by atomic mass is 10.1. The van der Waals surface area contributed by atoms with E-state index >= 15 is 0 Å². The fourth-order valence-corrected chi connectivity index (χ4v) is 2.27. The summed E-state index contributed by atoms with van der Waals surface area (Å²) in [6, 6.07) is 0. The zero-order chi connectivity index (χ0) is 16.9. The molecule has 0 amide bonds. The van der Waals surface area contributed by atoms with Gasteiger partial charge in [0.2, 0.25) is 0 Å². The Morgan fingerprint density at radius 1 is 1.41 bits per heavy atom. The molecule has 7 heteroatoms. The van der Waals surface area contributed by atoms with Crippen molar-refractivity contribution < 1.29 is 13.2 Å². The molecular formula is C15H15Cl2F3N2. The van der Waals surface area contributed by atoms with Crippen molar-refractivity contribution in [1.82, 2.24) is 4.90 Å². The summed E-state index contributed by atoms with van der Waals surface area (Å²) in [6.07, 6.45) is 3.35. The molecule has 1 aliphatic rings. The van der Waals surface area contributed by atoms with E-state index < -0.39 is 16.8 Å². The van der Waals surface area contributed by atoms with Crippen molar-refractivity contribution >= 4 is 28.4 Å². The molecule has 0 radical (unpaired) electrons. The minimum absolute atomic E-state index is 0.111. The van der Waals surface area contributed by atoms with E-state index in [1.807, 2.05) is 0 Å². The van der Waals surface area contributed by atoms with Crippen molar-refractivity contribution in [3.63, 3.8) is 0 Å². The van der Waals surface area contributed by atoms with E-state index in [9.17, 15) is 13.2 Å². The lowest BCUT2D eigenvalue weighted by molar-refractivity contribution is -0.0883. The highest BCUT2D eigenvalue weighted by Crippen LogP contribution is 2.34. The van der Waals surface area contributed by atoms with Gasteiger partial charge in [-0.2, -0.15) is 13.2 Å². The van der Waals surface area contributed by atoms with E-state index in [1.165, 1.54) is 12.3 Å². The zero-order valence-electron chi connectivity index (χ0n) is 12.1. The normalized spacial score (nSPS) is 18.8. The zero-order valence-corrected chi connectivity index (χ0v) is 13.6. The number of rotatable bonds is 4. The molecule has 0 aromatic rings. The third-order valence-electron chi connectivity index (χ3n) is 2.83. The molecule has 0 saturated heterocycles. The Morgan fingerprint density at radius 3 is 2.55 bits per heavy atom. The molecule has 0 atom stereocenters. The smallest absolute Gasteiger partial charge is 0.340 e. The van der Waals surface area contributed by atoms with E-state index in [0.717, 1.165) is 0 Å². The molecule has 0 N–H and O–H groups in total.